The highest BCUT2D eigenvalue weighted by Gasteiger charge is 2.31. The molecule has 3 aromatic rings. The first-order valence-corrected chi connectivity index (χ1v) is 12.6. The molecule has 8 nitrogen and oxygen atoms in total. The van der Waals surface area contributed by atoms with Gasteiger partial charge in [0.2, 0.25) is 5.91 Å². The van der Waals surface area contributed by atoms with E-state index >= 15 is 0 Å². The van der Waals surface area contributed by atoms with Gasteiger partial charge in [-0.2, -0.15) is 0 Å². The summed E-state index contributed by atoms with van der Waals surface area (Å²) in [5.74, 6) is -0.960. The summed E-state index contributed by atoms with van der Waals surface area (Å²) in [6.45, 7) is 0.681. The van der Waals surface area contributed by atoms with Crippen molar-refractivity contribution in [2.75, 3.05) is 11.9 Å². The van der Waals surface area contributed by atoms with Gasteiger partial charge in [-0.3, -0.25) is 19.2 Å². The second kappa shape index (κ2) is 9.75. The monoisotopic (exact) mass is 523 g/mol. The summed E-state index contributed by atoms with van der Waals surface area (Å²) in [6.07, 6.45) is 1.40. The molecule has 0 aliphatic carbocycles. The van der Waals surface area contributed by atoms with Crippen molar-refractivity contribution < 1.29 is 23.9 Å². The number of hydrogen-bond acceptors (Lipinski definition) is 6. The number of thiophene rings is 1. The van der Waals surface area contributed by atoms with Crippen LogP contribution >= 0.6 is 22.9 Å². The Morgan fingerprint density at radius 1 is 1.14 bits per heavy atom. The van der Waals surface area contributed by atoms with E-state index in [1.807, 2.05) is 12.1 Å². The zero-order valence-corrected chi connectivity index (χ0v) is 20.7. The highest BCUT2D eigenvalue weighted by atomic mass is 35.5. The zero-order valence-electron chi connectivity index (χ0n) is 19.1. The molecule has 0 bridgehead atoms. The van der Waals surface area contributed by atoms with Gasteiger partial charge in [0.1, 0.15) is 10.8 Å². The molecule has 3 amide bonds. The topological polar surface area (TPSA) is 119 Å². The summed E-state index contributed by atoms with van der Waals surface area (Å²) in [5.41, 5.74) is 8.92. The Labute approximate surface area is 216 Å². The number of ether oxygens (including phenoxy) is 1. The molecule has 0 spiro atoms. The Bertz CT molecular complexity index is 1400. The van der Waals surface area contributed by atoms with E-state index < -0.39 is 5.91 Å². The van der Waals surface area contributed by atoms with E-state index in [-0.39, 0.29) is 37.2 Å². The third kappa shape index (κ3) is 4.84. The Kier molecular flexibility index (Phi) is 6.51. The predicted octanol–water partition coefficient (Wildman–Crippen LogP) is 3.73. The number of aryl methyl sites for hydroxylation is 1. The molecule has 0 unspecified atom stereocenters. The fourth-order valence-corrected chi connectivity index (χ4v) is 5.86. The number of benzene rings is 2. The van der Waals surface area contributed by atoms with Crippen molar-refractivity contribution in [1.29, 1.82) is 0 Å². The average molecular weight is 524 g/mol. The molecule has 0 saturated heterocycles. The van der Waals surface area contributed by atoms with E-state index in [1.54, 1.807) is 35.2 Å². The molecule has 0 saturated carbocycles. The molecule has 5 rings (SSSR count). The molecule has 2 aliphatic heterocycles. The molecule has 0 radical (unpaired) electrons. The number of halogens is 1. The van der Waals surface area contributed by atoms with Gasteiger partial charge in [-0.25, -0.2) is 0 Å². The second-order valence-electron chi connectivity index (χ2n) is 8.70. The number of rotatable bonds is 6. The van der Waals surface area contributed by atoms with Crippen LogP contribution in [0.25, 0.3) is 0 Å². The Balaban J connectivity index is 1.29. The molecular weight excluding hydrogens is 502 g/mol. The molecule has 3 heterocycles. The van der Waals surface area contributed by atoms with Gasteiger partial charge in [0.05, 0.1) is 18.5 Å². The quantitative estimate of drug-likeness (QED) is 0.377. The van der Waals surface area contributed by atoms with E-state index in [0.717, 1.165) is 21.6 Å². The molecule has 1 aromatic heterocycles. The first-order valence-electron chi connectivity index (χ1n) is 11.4. The second-order valence-corrected chi connectivity index (χ2v) is 10.2. The first-order chi connectivity index (χ1) is 17.3. The minimum Gasteiger partial charge on any atom is -0.426 e. The molecule has 0 atom stereocenters. The number of nitrogens with one attached hydrogen (secondary N) is 1. The minimum absolute atomic E-state index is 0.200. The molecule has 0 fully saturated rings. The van der Waals surface area contributed by atoms with Gasteiger partial charge in [-0.05, 0) is 48.2 Å². The molecular formula is C26H22ClN3O5S. The van der Waals surface area contributed by atoms with Crippen LogP contribution in [0.4, 0.5) is 5.00 Å². The number of primary amides is 1. The number of amides is 3. The van der Waals surface area contributed by atoms with Crippen molar-refractivity contribution in [2.45, 2.75) is 32.2 Å². The van der Waals surface area contributed by atoms with Gasteiger partial charge in [0.15, 0.2) is 0 Å². The molecule has 2 aliphatic rings. The number of carbonyl (C=O) groups is 4. The summed E-state index contributed by atoms with van der Waals surface area (Å²) in [4.78, 5) is 52.1. The third-order valence-corrected chi connectivity index (χ3v) is 7.65. The molecule has 3 N–H and O–H groups in total. The van der Waals surface area contributed by atoms with Crippen LogP contribution < -0.4 is 15.8 Å². The van der Waals surface area contributed by atoms with Crippen molar-refractivity contribution in [1.82, 2.24) is 4.90 Å². The van der Waals surface area contributed by atoms with Gasteiger partial charge in [0, 0.05) is 34.0 Å². The van der Waals surface area contributed by atoms with Crippen molar-refractivity contribution in [3.8, 4) is 5.75 Å². The van der Waals surface area contributed by atoms with Gasteiger partial charge >= 0.3 is 5.97 Å². The predicted molar refractivity (Wildman–Crippen MR) is 135 cm³/mol. The van der Waals surface area contributed by atoms with E-state index in [9.17, 15) is 19.2 Å². The van der Waals surface area contributed by atoms with Crippen LogP contribution in [0.2, 0.25) is 5.02 Å². The van der Waals surface area contributed by atoms with Gasteiger partial charge < -0.3 is 20.7 Å². The Morgan fingerprint density at radius 3 is 2.67 bits per heavy atom. The lowest BCUT2D eigenvalue weighted by atomic mass is 10.0. The van der Waals surface area contributed by atoms with E-state index in [4.69, 9.17) is 22.1 Å². The van der Waals surface area contributed by atoms with E-state index in [0.29, 0.717) is 46.3 Å². The standard InChI is InChI=1S/C26H22ClN3O5S/c27-17-6-1-14(2-7-17)3-8-21(31)29-25-23(24(28)33)18-9-10-30(13-20(18)36-25)26(34)16-5-4-15-12-22(32)35-19(15)11-16/h1-2,4-7,11H,3,8-10,12-13H2,(H2,28,33)(H,29,31). The maximum atomic E-state index is 13.2. The van der Waals surface area contributed by atoms with Crippen LogP contribution in [0.5, 0.6) is 5.75 Å². The van der Waals surface area contributed by atoms with Crippen molar-refractivity contribution in [3.05, 3.63) is 80.2 Å². The van der Waals surface area contributed by atoms with Gasteiger partial charge in [-0.1, -0.05) is 29.8 Å². The number of nitrogens with zero attached hydrogens (tertiary/aromatic N) is 1. The third-order valence-electron chi connectivity index (χ3n) is 6.27. The lowest BCUT2D eigenvalue weighted by molar-refractivity contribution is -0.131. The number of hydrogen-bond donors (Lipinski definition) is 2. The number of carbonyl (C=O) groups excluding carboxylic acids is 4. The van der Waals surface area contributed by atoms with Crippen LogP contribution in [-0.4, -0.2) is 35.1 Å². The number of nitrogens with two attached hydrogens (primary N) is 1. The molecule has 184 valence electrons. The maximum absolute atomic E-state index is 13.2. The normalized spacial score (nSPS) is 14.1. The van der Waals surface area contributed by atoms with Crippen LogP contribution in [0, 0.1) is 0 Å². The summed E-state index contributed by atoms with van der Waals surface area (Å²) in [6, 6.07) is 12.3. The summed E-state index contributed by atoms with van der Waals surface area (Å²) in [7, 11) is 0. The van der Waals surface area contributed by atoms with Gasteiger partial charge in [0.25, 0.3) is 11.8 Å². The van der Waals surface area contributed by atoms with Crippen molar-refractivity contribution in [3.63, 3.8) is 0 Å². The van der Waals surface area contributed by atoms with E-state index in [1.165, 1.54) is 11.3 Å². The largest absolute Gasteiger partial charge is 0.426 e. The fraction of sp³-hybridized carbons (Fsp3) is 0.231. The highest BCUT2D eigenvalue weighted by Crippen LogP contribution is 2.38. The fourth-order valence-electron chi connectivity index (χ4n) is 4.45. The summed E-state index contributed by atoms with van der Waals surface area (Å²) in [5, 5.41) is 3.88. The van der Waals surface area contributed by atoms with Crippen LogP contribution in [-0.2, 0) is 35.4 Å². The lowest BCUT2D eigenvalue weighted by Gasteiger charge is -2.27. The van der Waals surface area contributed by atoms with Crippen LogP contribution in [0.1, 0.15) is 48.7 Å². The first kappa shape index (κ1) is 24.0. The van der Waals surface area contributed by atoms with E-state index in [2.05, 4.69) is 5.32 Å². The Hall–Kier alpha value is -3.69. The van der Waals surface area contributed by atoms with Crippen LogP contribution in [0.15, 0.2) is 42.5 Å². The highest BCUT2D eigenvalue weighted by molar-refractivity contribution is 7.17. The maximum Gasteiger partial charge on any atom is 0.315 e. The Morgan fingerprint density at radius 2 is 1.92 bits per heavy atom. The number of esters is 1. The average Bonchev–Trinajstić information content (AvgIpc) is 3.40. The molecule has 36 heavy (non-hydrogen) atoms. The van der Waals surface area contributed by atoms with Crippen molar-refractivity contribution in [2.24, 2.45) is 5.73 Å². The smallest absolute Gasteiger partial charge is 0.315 e. The minimum atomic E-state index is -0.610. The zero-order chi connectivity index (χ0) is 25.4. The van der Waals surface area contributed by atoms with Crippen LogP contribution in [0.3, 0.4) is 0 Å². The lowest BCUT2D eigenvalue weighted by Crippen LogP contribution is -2.36. The summed E-state index contributed by atoms with van der Waals surface area (Å²) < 4.78 is 5.17. The van der Waals surface area contributed by atoms with Gasteiger partial charge in [-0.15, -0.1) is 11.3 Å². The SMILES string of the molecule is NC(=O)c1c(NC(=O)CCc2ccc(Cl)cc2)sc2c1CCN(C(=O)c1ccc3c(c1)OC(=O)C3)C2. The molecule has 2 aromatic carbocycles. The number of fused-ring (bicyclic) bond motifs is 2. The summed E-state index contributed by atoms with van der Waals surface area (Å²) >= 11 is 7.17. The molecule has 10 heteroatoms. The van der Waals surface area contributed by atoms with Crippen molar-refractivity contribution >= 4 is 51.6 Å². The number of anilines is 1.